The van der Waals surface area contributed by atoms with Gasteiger partial charge in [-0.05, 0) is 39.3 Å². The van der Waals surface area contributed by atoms with Crippen LogP contribution in [0.1, 0.15) is 32.4 Å². The Kier molecular flexibility index (Phi) is 4.83. The molecule has 2 rings (SSSR count). The third-order valence-corrected chi connectivity index (χ3v) is 3.52. The number of anilines is 1. The molecular weight excluding hydrogens is 294 g/mol. The number of hydrogen-bond donors (Lipinski definition) is 3. The fourth-order valence-electron chi connectivity index (χ4n) is 2.29. The Morgan fingerprint density at radius 3 is 2.65 bits per heavy atom. The zero-order chi connectivity index (χ0) is 17.0. The predicted molar refractivity (Wildman–Crippen MR) is 89.6 cm³/mol. The van der Waals surface area contributed by atoms with Gasteiger partial charge in [0.25, 0.3) is 0 Å². The molecule has 2 amide bonds. The number of nitrogens with zero attached hydrogens (tertiary/aromatic N) is 1. The van der Waals surface area contributed by atoms with Gasteiger partial charge in [-0.3, -0.25) is 9.78 Å². The average Bonchev–Trinajstić information content (AvgIpc) is 2.45. The number of fused-ring (bicyclic) bond motifs is 1. The average molecular weight is 315 g/mol. The molecule has 0 saturated heterocycles. The summed E-state index contributed by atoms with van der Waals surface area (Å²) in [5.41, 5.74) is 1.61. The van der Waals surface area contributed by atoms with Crippen molar-refractivity contribution in [3.8, 4) is 0 Å². The lowest BCUT2D eigenvalue weighted by molar-refractivity contribution is -0.137. The van der Waals surface area contributed by atoms with E-state index in [-0.39, 0.29) is 12.5 Å². The Labute approximate surface area is 134 Å². The number of aliphatic carboxylic acids is 1. The number of urea groups is 1. The minimum atomic E-state index is -0.881. The molecule has 6 heteroatoms. The summed E-state index contributed by atoms with van der Waals surface area (Å²) in [5.74, 6) is -0.881. The van der Waals surface area contributed by atoms with Crippen molar-refractivity contribution >= 4 is 28.6 Å². The van der Waals surface area contributed by atoms with Gasteiger partial charge in [0.2, 0.25) is 0 Å². The van der Waals surface area contributed by atoms with E-state index in [1.165, 1.54) is 0 Å². The number of amides is 2. The minimum Gasteiger partial charge on any atom is -0.481 e. The molecular formula is C17H21N3O3. The lowest BCUT2D eigenvalue weighted by Crippen LogP contribution is -2.45. The number of rotatable bonds is 5. The summed E-state index contributed by atoms with van der Waals surface area (Å²) < 4.78 is 0. The van der Waals surface area contributed by atoms with Crippen molar-refractivity contribution in [3.63, 3.8) is 0 Å². The molecule has 0 saturated carbocycles. The van der Waals surface area contributed by atoms with Crippen molar-refractivity contribution in [2.45, 2.75) is 39.2 Å². The number of aromatic nitrogens is 1. The number of pyridine rings is 1. The highest BCUT2D eigenvalue weighted by Gasteiger charge is 2.21. The van der Waals surface area contributed by atoms with Crippen molar-refractivity contribution in [2.75, 3.05) is 5.32 Å². The van der Waals surface area contributed by atoms with Gasteiger partial charge < -0.3 is 15.7 Å². The van der Waals surface area contributed by atoms with Crippen LogP contribution in [-0.4, -0.2) is 27.6 Å². The normalized spacial score (nSPS) is 11.3. The molecule has 1 heterocycles. The quantitative estimate of drug-likeness (QED) is 0.789. The number of carboxylic acids is 1. The molecule has 23 heavy (non-hydrogen) atoms. The van der Waals surface area contributed by atoms with E-state index < -0.39 is 11.5 Å². The monoisotopic (exact) mass is 315 g/mol. The van der Waals surface area contributed by atoms with Crippen LogP contribution in [0.3, 0.4) is 0 Å². The number of benzene rings is 1. The van der Waals surface area contributed by atoms with E-state index in [4.69, 9.17) is 5.11 Å². The van der Waals surface area contributed by atoms with Crippen LogP contribution in [0.25, 0.3) is 10.9 Å². The fourth-order valence-corrected chi connectivity index (χ4v) is 2.29. The maximum atomic E-state index is 12.2. The molecule has 0 spiro atoms. The highest BCUT2D eigenvalue weighted by atomic mass is 16.4. The largest absolute Gasteiger partial charge is 0.481 e. The van der Waals surface area contributed by atoms with Crippen molar-refractivity contribution in [2.24, 2.45) is 0 Å². The number of carboxylic acid groups (broad SMARTS) is 1. The van der Waals surface area contributed by atoms with Crippen LogP contribution in [-0.2, 0) is 4.79 Å². The van der Waals surface area contributed by atoms with Gasteiger partial charge >= 0.3 is 12.0 Å². The standard InChI is InChI=1S/C17H21N3O3/c1-11-7-8-12-5-4-6-13(15(12)18-11)19-16(23)20-17(2,3)10-9-14(21)22/h4-8H,9-10H2,1-3H3,(H,21,22)(H2,19,20,23). The molecule has 0 bridgehead atoms. The number of carbonyl (C=O) groups excluding carboxylic acids is 1. The van der Waals surface area contributed by atoms with Gasteiger partial charge in [0, 0.05) is 23.0 Å². The molecule has 122 valence electrons. The fraction of sp³-hybridized carbons (Fsp3) is 0.353. The van der Waals surface area contributed by atoms with Crippen LogP contribution in [0.4, 0.5) is 10.5 Å². The Morgan fingerprint density at radius 2 is 1.96 bits per heavy atom. The van der Waals surface area contributed by atoms with Crippen LogP contribution in [0.5, 0.6) is 0 Å². The first-order chi connectivity index (χ1) is 10.8. The SMILES string of the molecule is Cc1ccc2cccc(NC(=O)NC(C)(C)CCC(=O)O)c2n1. The van der Waals surface area contributed by atoms with Crippen LogP contribution in [0.2, 0.25) is 0 Å². The molecule has 0 aliphatic rings. The molecule has 0 radical (unpaired) electrons. The van der Waals surface area contributed by atoms with Gasteiger partial charge in [0.1, 0.15) is 0 Å². The zero-order valence-corrected chi connectivity index (χ0v) is 13.5. The van der Waals surface area contributed by atoms with Crippen molar-refractivity contribution < 1.29 is 14.7 Å². The van der Waals surface area contributed by atoms with Crippen molar-refractivity contribution in [1.82, 2.24) is 10.3 Å². The van der Waals surface area contributed by atoms with E-state index in [0.29, 0.717) is 12.1 Å². The smallest absolute Gasteiger partial charge is 0.319 e. The summed E-state index contributed by atoms with van der Waals surface area (Å²) in [4.78, 5) is 27.3. The Morgan fingerprint density at radius 1 is 1.22 bits per heavy atom. The lowest BCUT2D eigenvalue weighted by Gasteiger charge is -2.25. The first-order valence-corrected chi connectivity index (χ1v) is 7.44. The molecule has 1 aromatic heterocycles. The van der Waals surface area contributed by atoms with E-state index in [1.54, 1.807) is 19.9 Å². The maximum absolute atomic E-state index is 12.2. The summed E-state index contributed by atoms with van der Waals surface area (Å²) in [6.07, 6.45) is 0.352. The van der Waals surface area contributed by atoms with Gasteiger partial charge in [0.15, 0.2) is 0 Å². The molecule has 6 nitrogen and oxygen atoms in total. The summed E-state index contributed by atoms with van der Waals surface area (Å²) in [6, 6.07) is 9.07. The molecule has 0 fully saturated rings. The second-order valence-corrected chi connectivity index (χ2v) is 6.19. The number of hydrogen-bond acceptors (Lipinski definition) is 3. The molecule has 1 aromatic carbocycles. The molecule has 0 unspecified atom stereocenters. The summed E-state index contributed by atoms with van der Waals surface area (Å²) >= 11 is 0. The predicted octanol–water partition coefficient (Wildman–Crippen LogP) is 3.31. The Balaban J connectivity index is 2.11. The number of para-hydroxylation sites is 1. The van der Waals surface area contributed by atoms with E-state index in [9.17, 15) is 9.59 Å². The zero-order valence-electron chi connectivity index (χ0n) is 13.5. The Hall–Kier alpha value is -2.63. The van der Waals surface area contributed by atoms with Crippen molar-refractivity contribution in [3.05, 3.63) is 36.0 Å². The van der Waals surface area contributed by atoms with Gasteiger partial charge in [-0.15, -0.1) is 0 Å². The van der Waals surface area contributed by atoms with Gasteiger partial charge in [-0.1, -0.05) is 18.2 Å². The van der Waals surface area contributed by atoms with Crippen LogP contribution >= 0.6 is 0 Å². The van der Waals surface area contributed by atoms with E-state index in [0.717, 1.165) is 16.6 Å². The molecule has 0 aliphatic carbocycles. The number of nitrogens with one attached hydrogen (secondary N) is 2. The van der Waals surface area contributed by atoms with E-state index in [2.05, 4.69) is 15.6 Å². The van der Waals surface area contributed by atoms with Crippen molar-refractivity contribution in [1.29, 1.82) is 0 Å². The molecule has 3 N–H and O–H groups in total. The van der Waals surface area contributed by atoms with E-state index in [1.807, 2.05) is 31.2 Å². The molecule has 0 atom stereocenters. The Bertz CT molecular complexity index is 741. The summed E-state index contributed by atoms with van der Waals surface area (Å²) in [5, 5.41) is 15.3. The second-order valence-electron chi connectivity index (χ2n) is 6.19. The number of carbonyl (C=O) groups is 2. The summed E-state index contributed by atoms with van der Waals surface area (Å²) in [6.45, 7) is 5.48. The van der Waals surface area contributed by atoms with Crippen LogP contribution < -0.4 is 10.6 Å². The third kappa shape index (κ3) is 4.67. The van der Waals surface area contributed by atoms with Gasteiger partial charge in [-0.2, -0.15) is 0 Å². The van der Waals surface area contributed by atoms with Gasteiger partial charge in [0.05, 0.1) is 11.2 Å². The third-order valence-electron chi connectivity index (χ3n) is 3.52. The highest BCUT2D eigenvalue weighted by molar-refractivity contribution is 5.99. The first-order valence-electron chi connectivity index (χ1n) is 7.44. The minimum absolute atomic E-state index is 0.00228. The number of aryl methyl sites for hydroxylation is 1. The maximum Gasteiger partial charge on any atom is 0.319 e. The van der Waals surface area contributed by atoms with Gasteiger partial charge in [-0.25, -0.2) is 4.79 Å². The molecule has 0 aliphatic heterocycles. The van der Waals surface area contributed by atoms with Crippen LogP contribution in [0, 0.1) is 6.92 Å². The molecule has 2 aromatic rings. The topological polar surface area (TPSA) is 91.3 Å². The second kappa shape index (κ2) is 6.64. The summed E-state index contributed by atoms with van der Waals surface area (Å²) in [7, 11) is 0. The van der Waals surface area contributed by atoms with Crippen LogP contribution in [0.15, 0.2) is 30.3 Å². The lowest BCUT2D eigenvalue weighted by atomic mass is 9.99. The van der Waals surface area contributed by atoms with E-state index >= 15 is 0 Å². The highest BCUT2D eigenvalue weighted by Crippen LogP contribution is 2.22. The first kappa shape index (κ1) is 16.7.